The molecule has 27 heavy (non-hydrogen) atoms. The van der Waals surface area contributed by atoms with Gasteiger partial charge in [-0.1, -0.05) is 24.3 Å². The minimum absolute atomic E-state index is 0.0206. The summed E-state index contributed by atoms with van der Waals surface area (Å²) in [7, 11) is 0. The van der Waals surface area contributed by atoms with E-state index in [1.807, 2.05) is 49.5 Å². The van der Waals surface area contributed by atoms with Gasteiger partial charge in [-0.3, -0.25) is 9.59 Å². The van der Waals surface area contributed by atoms with E-state index in [9.17, 15) is 9.59 Å². The largest absolute Gasteiger partial charge is 0.356 e. The summed E-state index contributed by atoms with van der Waals surface area (Å²) in [5.41, 5.74) is 3.72. The van der Waals surface area contributed by atoms with Gasteiger partial charge in [0.25, 0.3) is 0 Å². The maximum atomic E-state index is 12.1. The molecule has 2 heterocycles. The number of fused-ring (bicyclic) bond motifs is 1. The number of hydrogen-bond acceptors (Lipinski definition) is 3. The van der Waals surface area contributed by atoms with Crippen molar-refractivity contribution in [3.63, 3.8) is 0 Å². The van der Waals surface area contributed by atoms with Gasteiger partial charge in [0.2, 0.25) is 11.8 Å². The van der Waals surface area contributed by atoms with Crippen LogP contribution in [-0.4, -0.2) is 28.3 Å². The summed E-state index contributed by atoms with van der Waals surface area (Å²) in [5, 5.41) is 6.73. The Hall–Kier alpha value is -3.15. The van der Waals surface area contributed by atoms with E-state index in [-0.39, 0.29) is 17.7 Å². The van der Waals surface area contributed by atoms with Crippen LogP contribution in [0.5, 0.6) is 0 Å². The van der Waals surface area contributed by atoms with Crippen LogP contribution in [0, 0.1) is 5.92 Å². The number of benzene rings is 1. The Morgan fingerprint density at radius 1 is 1.19 bits per heavy atom. The number of H-pyrrole nitrogens is 1. The maximum Gasteiger partial charge on any atom is 0.228 e. The minimum atomic E-state index is 0.0206. The number of carbonyl (C=O) groups excluding carboxylic acids is 2. The van der Waals surface area contributed by atoms with Crippen molar-refractivity contribution in [1.82, 2.24) is 15.3 Å². The molecule has 4 rings (SSSR count). The number of hydrogen-bond donors (Lipinski definition) is 3. The van der Waals surface area contributed by atoms with Gasteiger partial charge >= 0.3 is 0 Å². The minimum Gasteiger partial charge on any atom is -0.356 e. The first-order valence-electron chi connectivity index (χ1n) is 9.29. The van der Waals surface area contributed by atoms with Crippen molar-refractivity contribution in [3.05, 3.63) is 48.2 Å². The summed E-state index contributed by atoms with van der Waals surface area (Å²) < 4.78 is 0. The number of likely N-dealkylation sites (N-methyl/N-ethyl adjacent to an activating group) is 1. The first kappa shape index (κ1) is 17.3. The molecule has 1 aliphatic rings. The number of rotatable bonds is 6. The third-order valence-electron chi connectivity index (χ3n) is 4.73. The van der Waals surface area contributed by atoms with Crippen molar-refractivity contribution in [1.29, 1.82) is 0 Å². The smallest absolute Gasteiger partial charge is 0.228 e. The summed E-state index contributed by atoms with van der Waals surface area (Å²) in [6, 6.07) is 11.8. The number of aromatic amines is 1. The third kappa shape index (κ3) is 3.84. The van der Waals surface area contributed by atoms with Crippen molar-refractivity contribution in [2.75, 3.05) is 11.9 Å². The highest BCUT2D eigenvalue weighted by atomic mass is 16.2. The highest BCUT2D eigenvalue weighted by Gasteiger charge is 2.30. The molecule has 0 spiro atoms. The monoisotopic (exact) mass is 362 g/mol. The van der Waals surface area contributed by atoms with Crippen molar-refractivity contribution in [2.45, 2.75) is 26.2 Å². The van der Waals surface area contributed by atoms with E-state index in [0.717, 1.165) is 40.6 Å². The molecule has 1 saturated carbocycles. The van der Waals surface area contributed by atoms with E-state index < -0.39 is 0 Å². The molecule has 0 atom stereocenters. The zero-order valence-corrected chi connectivity index (χ0v) is 15.2. The van der Waals surface area contributed by atoms with E-state index in [2.05, 4.69) is 20.6 Å². The number of pyridine rings is 1. The van der Waals surface area contributed by atoms with E-state index >= 15 is 0 Å². The van der Waals surface area contributed by atoms with Gasteiger partial charge in [0.15, 0.2) is 0 Å². The van der Waals surface area contributed by atoms with Gasteiger partial charge in [-0.2, -0.15) is 0 Å². The maximum absolute atomic E-state index is 12.1. The van der Waals surface area contributed by atoms with Crippen LogP contribution < -0.4 is 10.6 Å². The number of carbonyl (C=O) groups is 2. The average molecular weight is 362 g/mol. The summed E-state index contributed by atoms with van der Waals surface area (Å²) >= 11 is 0. The molecule has 138 valence electrons. The van der Waals surface area contributed by atoms with Crippen molar-refractivity contribution < 1.29 is 9.59 Å². The second-order valence-corrected chi connectivity index (χ2v) is 6.89. The Bertz CT molecular complexity index is 987. The molecule has 0 aliphatic heterocycles. The first-order chi connectivity index (χ1) is 13.1. The van der Waals surface area contributed by atoms with Crippen LogP contribution in [0.15, 0.2) is 42.6 Å². The summed E-state index contributed by atoms with van der Waals surface area (Å²) in [6.07, 6.45) is 4.12. The van der Waals surface area contributed by atoms with Gasteiger partial charge in [-0.05, 0) is 48.6 Å². The topological polar surface area (TPSA) is 86.9 Å². The fraction of sp³-hybridized carbons (Fsp3) is 0.286. The van der Waals surface area contributed by atoms with Gasteiger partial charge in [0.05, 0.1) is 6.42 Å². The molecule has 0 radical (unpaired) electrons. The lowest BCUT2D eigenvalue weighted by Crippen LogP contribution is -2.24. The number of anilines is 1. The number of nitrogens with zero attached hydrogens (tertiary/aromatic N) is 1. The van der Waals surface area contributed by atoms with Gasteiger partial charge < -0.3 is 15.6 Å². The van der Waals surface area contributed by atoms with Crippen LogP contribution in [0.3, 0.4) is 0 Å². The summed E-state index contributed by atoms with van der Waals surface area (Å²) in [4.78, 5) is 31.5. The normalized spacial score (nSPS) is 13.5. The summed E-state index contributed by atoms with van der Waals surface area (Å²) in [6.45, 7) is 2.54. The lowest BCUT2D eigenvalue weighted by Gasteiger charge is -2.09. The van der Waals surface area contributed by atoms with Gasteiger partial charge in [-0.25, -0.2) is 4.98 Å². The van der Waals surface area contributed by atoms with Gasteiger partial charge in [0, 0.05) is 24.0 Å². The van der Waals surface area contributed by atoms with Crippen LogP contribution in [0.4, 0.5) is 5.82 Å². The lowest BCUT2D eigenvalue weighted by atomic mass is 10.0. The predicted molar refractivity (Wildman–Crippen MR) is 105 cm³/mol. The molecule has 6 heteroatoms. The molecule has 3 N–H and O–H groups in total. The Morgan fingerprint density at radius 3 is 2.67 bits per heavy atom. The quantitative estimate of drug-likeness (QED) is 0.629. The molecule has 0 bridgehead atoms. The van der Waals surface area contributed by atoms with E-state index in [0.29, 0.717) is 18.8 Å². The highest BCUT2D eigenvalue weighted by molar-refractivity contribution is 5.99. The zero-order chi connectivity index (χ0) is 18.8. The zero-order valence-electron chi connectivity index (χ0n) is 15.2. The molecule has 6 nitrogen and oxygen atoms in total. The number of nitrogens with one attached hydrogen (secondary N) is 3. The van der Waals surface area contributed by atoms with Crippen LogP contribution in [-0.2, 0) is 16.0 Å². The second-order valence-electron chi connectivity index (χ2n) is 6.89. The molecule has 3 aromatic rings. The summed E-state index contributed by atoms with van der Waals surface area (Å²) in [5.74, 6) is 0.746. The lowest BCUT2D eigenvalue weighted by molar-refractivity contribution is -0.120. The molecule has 2 amide bonds. The number of amides is 2. The average Bonchev–Trinajstić information content (AvgIpc) is 3.40. The Labute approximate surface area is 157 Å². The van der Waals surface area contributed by atoms with E-state index in [4.69, 9.17) is 0 Å². The second kappa shape index (κ2) is 7.23. The van der Waals surface area contributed by atoms with Crippen LogP contribution in [0.1, 0.15) is 25.3 Å². The molecule has 1 fully saturated rings. The Balaban J connectivity index is 1.62. The van der Waals surface area contributed by atoms with Crippen molar-refractivity contribution in [3.8, 4) is 11.1 Å². The Morgan fingerprint density at radius 2 is 1.96 bits per heavy atom. The molecule has 2 aromatic heterocycles. The molecule has 0 saturated heterocycles. The molecule has 1 aliphatic carbocycles. The van der Waals surface area contributed by atoms with Gasteiger partial charge in [-0.15, -0.1) is 0 Å². The van der Waals surface area contributed by atoms with Gasteiger partial charge in [0.1, 0.15) is 11.5 Å². The fourth-order valence-corrected chi connectivity index (χ4v) is 3.16. The SMILES string of the molecule is CCNC(=O)Cc1ccc(-c2cc(NC(=O)C3CC3)nc3[nH]ccc23)cc1. The molecule has 0 unspecified atom stereocenters. The molecule has 1 aromatic carbocycles. The van der Waals surface area contributed by atoms with E-state index in [1.165, 1.54) is 0 Å². The van der Waals surface area contributed by atoms with Crippen LogP contribution >= 0.6 is 0 Å². The van der Waals surface area contributed by atoms with Crippen molar-refractivity contribution >= 4 is 28.7 Å². The number of aromatic nitrogens is 2. The van der Waals surface area contributed by atoms with E-state index in [1.54, 1.807) is 0 Å². The third-order valence-corrected chi connectivity index (χ3v) is 4.73. The first-order valence-corrected chi connectivity index (χ1v) is 9.29. The predicted octanol–water partition coefficient (Wildman–Crippen LogP) is 3.26. The van der Waals surface area contributed by atoms with Crippen LogP contribution in [0.2, 0.25) is 0 Å². The Kier molecular flexibility index (Phi) is 4.62. The molecular formula is C21H22N4O2. The standard InChI is InChI=1S/C21H22N4O2/c1-2-22-19(26)11-13-3-5-14(6-4-13)17-12-18(25-21(27)15-7-8-15)24-20-16(17)9-10-23-20/h3-6,9-10,12,15H,2,7-8,11H2,1H3,(H,22,26)(H2,23,24,25,27). The highest BCUT2D eigenvalue weighted by Crippen LogP contribution is 2.33. The molecular weight excluding hydrogens is 340 g/mol. The van der Waals surface area contributed by atoms with Crippen LogP contribution in [0.25, 0.3) is 22.2 Å². The fourth-order valence-electron chi connectivity index (χ4n) is 3.16. The van der Waals surface area contributed by atoms with Crippen molar-refractivity contribution in [2.24, 2.45) is 5.92 Å².